The first-order valence-corrected chi connectivity index (χ1v) is 9.33. The van der Waals surface area contributed by atoms with Crippen molar-refractivity contribution in [3.05, 3.63) is 42.2 Å². The molecular weight excluding hydrogens is 397 g/mol. The molecule has 0 saturated carbocycles. The van der Waals surface area contributed by atoms with Gasteiger partial charge in [-0.2, -0.15) is 0 Å². The van der Waals surface area contributed by atoms with Crippen LogP contribution in [0.1, 0.15) is 12.8 Å². The number of imide groups is 1. The third-order valence-electron chi connectivity index (χ3n) is 4.82. The van der Waals surface area contributed by atoms with Crippen LogP contribution < -0.4 is 10.6 Å². The number of nitrogens with zero attached hydrogens (tertiary/aromatic N) is 1. The van der Waals surface area contributed by atoms with E-state index in [1.165, 1.54) is 24.3 Å². The van der Waals surface area contributed by atoms with Gasteiger partial charge >= 0.3 is 5.97 Å². The molecule has 0 radical (unpaired) electrons. The number of anilines is 1. The molecule has 0 bridgehead atoms. The number of benzene rings is 1. The smallest absolute Gasteiger partial charge is 0.326 e. The van der Waals surface area contributed by atoms with Crippen molar-refractivity contribution in [1.82, 2.24) is 10.2 Å². The van der Waals surface area contributed by atoms with Crippen LogP contribution in [0.4, 0.5) is 10.1 Å². The number of carbonyl (C=O) groups excluding carboxylic acids is 5. The summed E-state index contributed by atoms with van der Waals surface area (Å²) in [6.07, 6.45) is 4.60. The summed E-state index contributed by atoms with van der Waals surface area (Å²) in [7, 11) is 0. The number of ether oxygens (including phenoxy) is 1. The molecule has 0 aromatic heterocycles. The van der Waals surface area contributed by atoms with E-state index in [0.29, 0.717) is 18.5 Å². The van der Waals surface area contributed by atoms with Crippen LogP contribution in [0.2, 0.25) is 0 Å². The Morgan fingerprint density at radius 2 is 1.60 bits per heavy atom. The fourth-order valence-corrected chi connectivity index (χ4v) is 3.31. The van der Waals surface area contributed by atoms with E-state index in [0.717, 1.165) is 4.90 Å². The first-order chi connectivity index (χ1) is 14.3. The summed E-state index contributed by atoms with van der Waals surface area (Å²) in [4.78, 5) is 60.9. The number of amides is 4. The number of carbonyl (C=O) groups is 5. The van der Waals surface area contributed by atoms with Crippen molar-refractivity contribution in [3.63, 3.8) is 0 Å². The van der Waals surface area contributed by atoms with Gasteiger partial charge < -0.3 is 15.4 Å². The Hall–Kier alpha value is -3.56. The molecule has 2 atom stereocenters. The lowest BCUT2D eigenvalue weighted by molar-refractivity contribution is -0.155. The van der Waals surface area contributed by atoms with Crippen molar-refractivity contribution >= 4 is 35.3 Å². The summed E-state index contributed by atoms with van der Waals surface area (Å²) in [5.41, 5.74) is 0.359. The van der Waals surface area contributed by atoms with Crippen molar-refractivity contribution in [2.24, 2.45) is 11.8 Å². The zero-order valence-electron chi connectivity index (χ0n) is 15.9. The summed E-state index contributed by atoms with van der Waals surface area (Å²) < 4.78 is 17.6. The van der Waals surface area contributed by atoms with Crippen molar-refractivity contribution in [2.45, 2.75) is 12.8 Å². The van der Waals surface area contributed by atoms with Crippen molar-refractivity contribution < 1.29 is 33.1 Å². The summed E-state index contributed by atoms with van der Waals surface area (Å²) in [6.45, 7) is -1.59. The van der Waals surface area contributed by atoms with Crippen LogP contribution >= 0.6 is 0 Å². The third-order valence-corrected chi connectivity index (χ3v) is 4.82. The highest BCUT2D eigenvalue weighted by Crippen LogP contribution is 2.34. The molecule has 1 saturated heterocycles. The summed E-state index contributed by atoms with van der Waals surface area (Å²) in [6, 6.07) is 5.08. The van der Waals surface area contributed by atoms with E-state index in [9.17, 15) is 28.4 Å². The van der Waals surface area contributed by atoms with Crippen LogP contribution in [-0.4, -0.2) is 54.2 Å². The second-order valence-electron chi connectivity index (χ2n) is 6.91. The number of hydrogen-bond acceptors (Lipinski definition) is 6. The molecule has 1 fully saturated rings. The lowest BCUT2D eigenvalue weighted by Crippen LogP contribution is -2.39. The number of likely N-dealkylation sites (tertiary alicyclic amines) is 1. The SMILES string of the molecule is O=C(COC(=O)CN1C(=O)[C@H]2CC=CC[C@@H]2C1=O)NCC(=O)Nc1ccc(F)cc1. The van der Waals surface area contributed by atoms with Gasteiger partial charge in [0.25, 0.3) is 5.91 Å². The van der Waals surface area contributed by atoms with Gasteiger partial charge in [0.15, 0.2) is 6.61 Å². The first-order valence-electron chi connectivity index (χ1n) is 9.33. The van der Waals surface area contributed by atoms with E-state index in [2.05, 4.69) is 10.6 Å². The zero-order valence-corrected chi connectivity index (χ0v) is 15.9. The van der Waals surface area contributed by atoms with Gasteiger partial charge in [-0.3, -0.25) is 28.9 Å². The lowest BCUT2D eigenvalue weighted by Gasteiger charge is -2.14. The maximum Gasteiger partial charge on any atom is 0.326 e. The van der Waals surface area contributed by atoms with Gasteiger partial charge in [-0.1, -0.05) is 12.2 Å². The number of hydrogen-bond donors (Lipinski definition) is 2. The molecule has 9 nitrogen and oxygen atoms in total. The minimum Gasteiger partial charge on any atom is -0.454 e. The number of halogens is 1. The highest BCUT2D eigenvalue weighted by atomic mass is 19.1. The highest BCUT2D eigenvalue weighted by Gasteiger charge is 2.47. The van der Waals surface area contributed by atoms with Crippen LogP contribution in [0, 0.1) is 17.7 Å². The molecule has 1 aliphatic carbocycles. The number of esters is 1. The van der Waals surface area contributed by atoms with Crippen LogP contribution in [-0.2, 0) is 28.7 Å². The predicted molar refractivity (Wildman–Crippen MR) is 101 cm³/mol. The van der Waals surface area contributed by atoms with Gasteiger partial charge in [0.1, 0.15) is 12.4 Å². The Morgan fingerprint density at radius 3 is 2.20 bits per heavy atom. The van der Waals surface area contributed by atoms with Gasteiger partial charge in [-0.15, -0.1) is 0 Å². The van der Waals surface area contributed by atoms with Gasteiger partial charge in [0, 0.05) is 5.69 Å². The minimum atomic E-state index is -0.894. The molecule has 1 heterocycles. The second-order valence-corrected chi connectivity index (χ2v) is 6.91. The second kappa shape index (κ2) is 9.29. The molecule has 1 aliphatic heterocycles. The van der Waals surface area contributed by atoms with Crippen LogP contribution in [0.5, 0.6) is 0 Å². The van der Waals surface area contributed by atoms with Gasteiger partial charge in [-0.05, 0) is 37.1 Å². The number of fused-ring (bicyclic) bond motifs is 1. The van der Waals surface area contributed by atoms with E-state index in [1.54, 1.807) is 0 Å². The Kier molecular flexibility index (Phi) is 6.55. The van der Waals surface area contributed by atoms with Crippen LogP contribution in [0.25, 0.3) is 0 Å². The summed E-state index contributed by atoms with van der Waals surface area (Å²) in [5, 5.41) is 4.72. The molecule has 1 aromatic carbocycles. The molecule has 0 unspecified atom stereocenters. The molecule has 3 rings (SSSR count). The minimum absolute atomic E-state index is 0.359. The third kappa shape index (κ3) is 5.07. The Morgan fingerprint density at radius 1 is 1.00 bits per heavy atom. The monoisotopic (exact) mass is 417 g/mol. The van der Waals surface area contributed by atoms with E-state index in [1.807, 2.05) is 12.2 Å². The first kappa shape index (κ1) is 21.2. The van der Waals surface area contributed by atoms with Gasteiger partial charge in [-0.25, -0.2) is 4.39 Å². The fraction of sp³-hybridized carbons (Fsp3) is 0.350. The molecule has 2 N–H and O–H groups in total. The molecular formula is C20H20FN3O6. The average molecular weight is 417 g/mol. The van der Waals surface area contributed by atoms with E-state index < -0.39 is 60.4 Å². The Labute approximate surface area is 171 Å². The molecule has 1 aromatic rings. The van der Waals surface area contributed by atoms with Crippen molar-refractivity contribution in [1.29, 1.82) is 0 Å². The van der Waals surface area contributed by atoms with Crippen LogP contribution in [0.15, 0.2) is 36.4 Å². The summed E-state index contributed by atoms with van der Waals surface area (Å²) in [5.74, 6) is -4.33. The van der Waals surface area contributed by atoms with Gasteiger partial charge in [0.2, 0.25) is 17.7 Å². The summed E-state index contributed by atoms with van der Waals surface area (Å²) >= 11 is 0. The normalized spacial score (nSPS) is 20.0. The maximum atomic E-state index is 12.8. The Bertz CT molecular complexity index is 872. The van der Waals surface area contributed by atoms with E-state index in [-0.39, 0.29) is 6.54 Å². The van der Waals surface area contributed by atoms with Crippen molar-refractivity contribution in [3.8, 4) is 0 Å². The van der Waals surface area contributed by atoms with E-state index >= 15 is 0 Å². The average Bonchev–Trinajstić information content (AvgIpc) is 2.97. The van der Waals surface area contributed by atoms with Crippen molar-refractivity contribution in [2.75, 3.05) is 25.0 Å². The quantitative estimate of drug-likeness (QED) is 0.376. The fourth-order valence-electron chi connectivity index (χ4n) is 3.31. The van der Waals surface area contributed by atoms with Crippen LogP contribution in [0.3, 0.4) is 0 Å². The number of nitrogens with one attached hydrogen (secondary N) is 2. The molecule has 2 aliphatic rings. The predicted octanol–water partition coefficient (Wildman–Crippen LogP) is 0.375. The Balaban J connectivity index is 1.38. The molecule has 0 spiro atoms. The standard InChI is InChI=1S/C20H20FN3O6/c21-12-5-7-13(8-6-12)23-16(25)9-22-17(26)11-30-18(27)10-24-19(28)14-3-1-2-4-15(14)20(24)29/h1-2,5-8,14-15H,3-4,9-11H2,(H,22,26)(H,23,25)/t14-,15-/m0/s1. The number of allylic oxidation sites excluding steroid dienone is 2. The largest absolute Gasteiger partial charge is 0.454 e. The maximum absolute atomic E-state index is 12.8. The molecule has 158 valence electrons. The van der Waals surface area contributed by atoms with E-state index in [4.69, 9.17) is 4.74 Å². The molecule has 30 heavy (non-hydrogen) atoms. The zero-order chi connectivity index (χ0) is 21.7. The lowest BCUT2D eigenvalue weighted by atomic mass is 9.85. The molecule has 10 heteroatoms. The topological polar surface area (TPSA) is 122 Å². The molecule has 4 amide bonds. The highest BCUT2D eigenvalue weighted by molar-refractivity contribution is 6.07. The van der Waals surface area contributed by atoms with Gasteiger partial charge in [0.05, 0.1) is 18.4 Å². The number of rotatable bonds is 7.